The molecule has 33 heavy (non-hydrogen) atoms. The quantitative estimate of drug-likeness (QED) is 0.549. The van der Waals surface area contributed by atoms with E-state index in [1.807, 2.05) is 6.07 Å². The molecule has 1 aromatic heterocycles. The van der Waals surface area contributed by atoms with E-state index in [-0.39, 0.29) is 22.0 Å². The topological polar surface area (TPSA) is 132 Å². The molecule has 0 bridgehead atoms. The van der Waals surface area contributed by atoms with Gasteiger partial charge >= 0.3 is 0 Å². The standard InChI is InChI=1S/C22H18FN5O4S/c1-28(33(31,32)17-8-5-15(13-24)6-9-17)14-21(29)26-20-12-16(23)7-10-18(20)27-22(30)19-4-2-3-11-25-19/h2-12H,14H2,1H3,(H,26,29)(H,27,30). The highest BCUT2D eigenvalue weighted by Gasteiger charge is 2.23. The van der Waals surface area contributed by atoms with Crippen LogP contribution in [0.15, 0.2) is 71.8 Å². The fourth-order valence-electron chi connectivity index (χ4n) is 2.77. The van der Waals surface area contributed by atoms with Crippen LogP contribution in [0.3, 0.4) is 0 Å². The van der Waals surface area contributed by atoms with Crippen LogP contribution >= 0.6 is 0 Å². The Bertz CT molecular complexity index is 1320. The number of sulfonamides is 1. The number of anilines is 2. The summed E-state index contributed by atoms with van der Waals surface area (Å²) < 4.78 is 40.0. The highest BCUT2D eigenvalue weighted by molar-refractivity contribution is 7.89. The average Bonchev–Trinajstić information content (AvgIpc) is 2.81. The van der Waals surface area contributed by atoms with Gasteiger partial charge in [0.1, 0.15) is 11.5 Å². The first-order chi connectivity index (χ1) is 15.7. The molecule has 2 aromatic carbocycles. The van der Waals surface area contributed by atoms with E-state index in [1.165, 1.54) is 49.6 Å². The summed E-state index contributed by atoms with van der Waals surface area (Å²) in [6.45, 7) is -0.577. The zero-order valence-corrected chi connectivity index (χ0v) is 18.1. The van der Waals surface area contributed by atoms with Crippen LogP contribution in [0.2, 0.25) is 0 Å². The van der Waals surface area contributed by atoms with Gasteiger partial charge in [0.05, 0.1) is 34.4 Å². The molecule has 168 valence electrons. The molecule has 0 aliphatic heterocycles. The maximum Gasteiger partial charge on any atom is 0.274 e. The predicted octanol–water partition coefficient (Wildman–Crippen LogP) is 2.60. The van der Waals surface area contributed by atoms with Gasteiger partial charge in [-0.15, -0.1) is 0 Å². The maximum absolute atomic E-state index is 13.8. The Kier molecular flexibility index (Phi) is 7.12. The normalized spacial score (nSPS) is 11.0. The summed E-state index contributed by atoms with van der Waals surface area (Å²) in [5, 5.41) is 13.8. The number of hydrogen-bond acceptors (Lipinski definition) is 6. The molecule has 0 atom stereocenters. The number of benzene rings is 2. The average molecular weight is 467 g/mol. The lowest BCUT2D eigenvalue weighted by Crippen LogP contribution is -2.35. The van der Waals surface area contributed by atoms with Gasteiger partial charge < -0.3 is 10.6 Å². The van der Waals surface area contributed by atoms with Crippen LogP contribution in [-0.4, -0.2) is 43.1 Å². The molecule has 3 rings (SSSR count). The Balaban J connectivity index is 1.73. The number of rotatable bonds is 7. The molecule has 11 heteroatoms. The highest BCUT2D eigenvalue weighted by atomic mass is 32.2. The predicted molar refractivity (Wildman–Crippen MR) is 118 cm³/mol. The smallest absolute Gasteiger partial charge is 0.274 e. The van der Waals surface area contributed by atoms with E-state index in [9.17, 15) is 22.4 Å². The number of carbonyl (C=O) groups is 2. The van der Waals surface area contributed by atoms with Crippen LogP contribution in [-0.2, 0) is 14.8 Å². The highest BCUT2D eigenvalue weighted by Crippen LogP contribution is 2.24. The zero-order chi connectivity index (χ0) is 24.0. The number of halogens is 1. The molecular formula is C22H18FN5O4S. The van der Waals surface area contributed by atoms with Crippen LogP contribution < -0.4 is 10.6 Å². The lowest BCUT2D eigenvalue weighted by Gasteiger charge is -2.18. The lowest BCUT2D eigenvalue weighted by atomic mass is 10.2. The second-order valence-corrected chi connectivity index (χ2v) is 8.85. The monoisotopic (exact) mass is 467 g/mol. The minimum absolute atomic E-state index is 0.0477. The van der Waals surface area contributed by atoms with Crippen LogP contribution in [0, 0.1) is 17.1 Å². The molecule has 9 nitrogen and oxygen atoms in total. The van der Waals surface area contributed by atoms with Crippen molar-refractivity contribution < 1.29 is 22.4 Å². The molecule has 0 fully saturated rings. The number of likely N-dealkylation sites (N-methyl/N-ethyl adjacent to an activating group) is 1. The second-order valence-electron chi connectivity index (χ2n) is 6.80. The van der Waals surface area contributed by atoms with Gasteiger partial charge in [0.15, 0.2) is 0 Å². The molecule has 2 amide bonds. The summed E-state index contributed by atoms with van der Waals surface area (Å²) in [6, 6.07) is 15.2. The van der Waals surface area contributed by atoms with Crippen molar-refractivity contribution in [3.63, 3.8) is 0 Å². The Morgan fingerprint density at radius 1 is 1.06 bits per heavy atom. The third-order valence-corrected chi connectivity index (χ3v) is 6.28. The molecular weight excluding hydrogens is 449 g/mol. The number of nitriles is 1. The summed E-state index contributed by atoms with van der Waals surface area (Å²) in [6.07, 6.45) is 1.44. The van der Waals surface area contributed by atoms with Crippen LogP contribution in [0.25, 0.3) is 0 Å². The van der Waals surface area contributed by atoms with E-state index in [2.05, 4.69) is 15.6 Å². The molecule has 0 radical (unpaired) electrons. The van der Waals surface area contributed by atoms with Gasteiger partial charge in [-0.05, 0) is 54.6 Å². The van der Waals surface area contributed by atoms with Gasteiger partial charge in [0.25, 0.3) is 5.91 Å². The largest absolute Gasteiger partial charge is 0.323 e. The molecule has 0 spiro atoms. The molecule has 1 heterocycles. The number of carbonyl (C=O) groups excluding carboxylic acids is 2. The Hall–Kier alpha value is -4.14. The SMILES string of the molecule is CN(CC(=O)Nc1cc(F)ccc1NC(=O)c1ccccn1)S(=O)(=O)c1ccc(C#N)cc1. The fraction of sp³-hybridized carbons (Fsp3) is 0.0909. The van der Waals surface area contributed by atoms with Crippen molar-refractivity contribution in [2.24, 2.45) is 0 Å². The van der Waals surface area contributed by atoms with Crippen molar-refractivity contribution in [1.29, 1.82) is 5.26 Å². The maximum atomic E-state index is 13.8. The summed E-state index contributed by atoms with van der Waals surface area (Å²) in [5.74, 6) is -1.99. The van der Waals surface area contributed by atoms with E-state index in [4.69, 9.17) is 5.26 Å². The van der Waals surface area contributed by atoms with Crippen LogP contribution in [0.4, 0.5) is 15.8 Å². The number of aromatic nitrogens is 1. The van der Waals surface area contributed by atoms with E-state index < -0.39 is 34.2 Å². The molecule has 3 aromatic rings. The molecule has 2 N–H and O–H groups in total. The third-order valence-electron chi connectivity index (χ3n) is 4.46. The summed E-state index contributed by atoms with van der Waals surface area (Å²) >= 11 is 0. The summed E-state index contributed by atoms with van der Waals surface area (Å²) in [7, 11) is -2.80. The van der Waals surface area contributed by atoms with Crippen molar-refractivity contribution in [1.82, 2.24) is 9.29 Å². The number of hydrogen-bond donors (Lipinski definition) is 2. The number of amides is 2. The van der Waals surface area contributed by atoms with Crippen molar-refractivity contribution in [3.8, 4) is 6.07 Å². The Morgan fingerprint density at radius 3 is 2.42 bits per heavy atom. The van der Waals surface area contributed by atoms with Gasteiger partial charge in [-0.2, -0.15) is 9.57 Å². The van der Waals surface area contributed by atoms with Gasteiger partial charge in [-0.25, -0.2) is 12.8 Å². The number of nitrogens with zero attached hydrogens (tertiary/aromatic N) is 3. The van der Waals surface area contributed by atoms with E-state index in [0.717, 1.165) is 16.4 Å². The van der Waals surface area contributed by atoms with E-state index >= 15 is 0 Å². The Morgan fingerprint density at radius 2 is 1.79 bits per heavy atom. The molecule has 0 aliphatic carbocycles. The minimum atomic E-state index is -4.01. The van der Waals surface area contributed by atoms with Crippen molar-refractivity contribution >= 4 is 33.2 Å². The van der Waals surface area contributed by atoms with Crippen LogP contribution in [0.1, 0.15) is 16.1 Å². The van der Waals surface area contributed by atoms with Gasteiger partial charge in [-0.3, -0.25) is 14.6 Å². The van der Waals surface area contributed by atoms with Gasteiger partial charge in [-0.1, -0.05) is 6.07 Å². The minimum Gasteiger partial charge on any atom is -0.323 e. The van der Waals surface area contributed by atoms with E-state index in [0.29, 0.717) is 5.56 Å². The second kappa shape index (κ2) is 9.99. The lowest BCUT2D eigenvalue weighted by molar-refractivity contribution is -0.116. The van der Waals surface area contributed by atoms with Crippen molar-refractivity contribution in [3.05, 3.63) is 83.9 Å². The molecule has 0 saturated heterocycles. The third kappa shape index (κ3) is 5.76. The Labute approximate surface area is 189 Å². The zero-order valence-electron chi connectivity index (χ0n) is 17.3. The van der Waals surface area contributed by atoms with Crippen molar-refractivity contribution in [2.75, 3.05) is 24.2 Å². The number of nitrogens with one attached hydrogen (secondary N) is 2. The van der Waals surface area contributed by atoms with Crippen molar-refractivity contribution in [2.45, 2.75) is 4.90 Å². The van der Waals surface area contributed by atoms with Crippen LogP contribution in [0.5, 0.6) is 0 Å². The molecule has 0 unspecified atom stereocenters. The summed E-state index contributed by atoms with van der Waals surface area (Å²) in [5.41, 5.74) is 0.472. The number of pyridine rings is 1. The first-order valence-corrected chi connectivity index (χ1v) is 10.9. The first-order valence-electron chi connectivity index (χ1n) is 9.49. The van der Waals surface area contributed by atoms with E-state index in [1.54, 1.807) is 12.1 Å². The summed E-state index contributed by atoms with van der Waals surface area (Å²) in [4.78, 5) is 28.7. The van der Waals surface area contributed by atoms with Gasteiger partial charge in [0, 0.05) is 13.2 Å². The van der Waals surface area contributed by atoms with Gasteiger partial charge in [0.2, 0.25) is 15.9 Å². The molecule has 0 saturated carbocycles. The first kappa shape index (κ1) is 23.5. The fourth-order valence-corrected chi connectivity index (χ4v) is 3.90. The molecule has 0 aliphatic rings.